The standard InChI is InChI=1S/C20H19F3N4O4S/c1-3-27(4-2)32(29,30)16-11-7-13(8-12-16)17(28)24-19-26-25-18(31-19)14-5-9-15(10-6-14)20(21,22)23/h5-12H,3-4H2,1-2H3,(H,24,26,28). The zero-order chi connectivity index (χ0) is 23.5. The average molecular weight is 468 g/mol. The Labute approximate surface area is 182 Å². The van der Waals surface area contributed by atoms with E-state index in [0.29, 0.717) is 13.1 Å². The molecule has 0 spiro atoms. The highest BCUT2D eigenvalue weighted by molar-refractivity contribution is 7.89. The van der Waals surface area contributed by atoms with Crippen LogP contribution in [0.1, 0.15) is 29.8 Å². The van der Waals surface area contributed by atoms with E-state index in [9.17, 15) is 26.4 Å². The fourth-order valence-corrected chi connectivity index (χ4v) is 4.31. The van der Waals surface area contributed by atoms with E-state index in [1.807, 2.05) is 0 Å². The van der Waals surface area contributed by atoms with Crippen molar-refractivity contribution in [1.29, 1.82) is 0 Å². The quantitative estimate of drug-likeness (QED) is 0.561. The van der Waals surface area contributed by atoms with Crippen LogP contribution in [0.5, 0.6) is 0 Å². The average Bonchev–Trinajstić information content (AvgIpc) is 3.22. The molecule has 3 rings (SSSR count). The summed E-state index contributed by atoms with van der Waals surface area (Å²) < 4.78 is 69.6. The van der Waals surface area contributed by atoms with E-state index >= 15 is 0 Å². The Morgan fingerprint density at radius 2 is 1.59 bits per heavy atom. The third kappa shape index (κ3) is 4.97. The molecule has 0 unspecified atom stereocenters. The van der Waals surface area contributed by atoms with Gasteiger partial charge in [0, 0.05) is 24.2 Å². The van der Waals surface area contributed by atoms with Gasteiger partial charge in [-0.2, -0.15) is 17.5 Å². The Morgan fingerprint density at radius 3 is 2.12 bits per heavy atom. The SMILES string of the molecule is CCN(CC)S(=O)(=O)c1ccc(C(=O)Nc2nnc(-c3ccc(C(F)(F)F)cc3)o2)cc1. The number of benzene rings is 2. The van der Waals surface area contributed by atoms with Crippen molar-refractivity contribution in [2.75, 3.05) is 18.4 Å². The fourth-order valence-electron chi connectivity index (χ4n) is 2.85. The highest BCUT2D eigenvalue weighted by Gasteiger charge is 2.30. The van der Waals surface area contributed by atoms with Gasteiger partial charge in [0.05, 0.1) is 10.5 Å². The van der Waals surface area contributed by atoms with Crippen LogP contribution >= 0.6 is 0 Å². The van der Waals surface area contributed by atoms with Gasteiger partial charge in [-0.25, -0.2) is 8.42 Å². The second kappa shape index (κ2) is 9.09. The lowest BCUT2D eigenvalue weighted by Crippen LogP contribution is -2.30. The van der Waals surface area contributed by atoms with E-state index in [-0.39, 0.29) is 27.9 Å². The van der Waals surface area contributed by atoms with Crippen molar-refractivity contribution in [3.05, 3.63) is 59.7 Å². The van der Waals surface area contributed by atoms with Crippen molar-refractivity contribution in [2.24, 2.45) is 0 Å². The van der Waals surface area contributed by atoms with Gasteiger partial charge >= 0.3 is 12.2 Å². The van der Waals surface area contributed by atoms with Crippen LogP contribution in [0.15, 0.2) is 57.8 Å². The Morgan fingerprint density at radius 1 is 1.00 bits per heavy atom. The first kappa shape index (κ1) is 23.4. The van der Waals surface area contributed by atoms with Gasteiger partial charge in [0.25, 0.3) is 5.91 Å². The summed E-state index contributed by atoms with van der Waals surface area (Å²) in [5, 5.41) is 9.74. The van der Waals surface area contributed by atoms with Gasteiger partial charge < -0.3 is 4.42 Å². The number of nitrogens with one attached hydrogen (secondary N) is 1. The lowest BCUT2D eigenvalue weighted by Gasteiger charge is -2.18. The van der Waals surface area contributed by atoms with Crippen molar-refractivity contribution >= 4 is 21.9 Å². The summed E-state index contributed by atoms with van der Waals surface area (Å²) in [7, 11) is -3.65. The predicted octanol–water partition coefficient (Wildman–Crippen LogP) is 4.04. The van der Waals surface area contributed by atoms with E-state index < -0.39 is 27.7 Å². The number of anilines is 1. The van der Waals surface area contributed by atoms with Gasteiger partial charge in [-0.15, -0.1) is 5.10 Å². The molecule has 12 heteroatoms. The molecule has 1 heterocycles. The Hall–Kier alpha value is -3.25. The molecule has 1 amide bonds. The summed E-state index contributed by atoms with van der Waals surface area (Å²) >= 11 is 0. The van der Waals surface area contributed by atoms with Gasteiger partial charge in [0.15, 0.2) is 0 Å². The molecule has 8 nitrogen and oxygen atoms in total. The smallest absolute Gasteiger partial charge is 0.403 e. The Kier molecular flexibility index (Phi) is 6.65. The van der Waals surface area contributed by atoms with E-state index in [1.165, 1.54) is 40.7 Å². The molecule has 0 fully saturated rings. The summed E-state index contributed by atoms with van der Waals surface area (Å²) in [6.45, 7) is 4.09. The maximum Gasteiger partial charge on any atom is 0.416 e. The zero-order valence-electron chi connectivity index (χ0n) is 17.0. The van der Waals surface area contributed by atoms with Crippen LogP contribution in [-0.4, -0.2) is 41.9 Å². The molecule has 0 bridgehead atoms. The first-order valence-corrected chi connectivity index (χ1v) is 10.9. The van der Waals surface area contributed by atoms with E-state index in [1.54, 1.807) is 13.8 Å². The Balaban J connectivity index is 1.71. The van der Waals surface area contributed by atoms with Gasteiger partial charge in [-0.05, 0) is 48.5 Å². The van der Waals surface area contributed by atoms with Crippen molar-refractivity contribution < 1.29 is 30.8 Å². The van der Waals surface area contributed by atoms with Crippen LogP contribution in [-0.2, 0) is 16.2 Å². The number of rotatable bonds is 7. The van der Waals surface area contributed by atoms with Crippen LogP contribution in [0.25, 0.3) is 11.5 Å². The number of halogens is 3. The minimum absolute atomic E-state index is 0.0557. The number of carbonyl (C=O) groups excluding carboxylic acids is 1. The van der Waals surface area contributed by atoms with Crippen molar-refractivity contribution in [3.8, 4) is 11.5 Å². The number of sulfonamides is 1. The van der Waals surface area contributed by atoms with Crippen LogP contribution in [0, 0.1) is 0 Å². The summed E-state index contributed by atoms with van der Waals surface area (Å²) in [5.74, 6) is -0.700. The van der Waals surface area contributed by atoms with Crippen molar-refractivity contribution in [2.45, 2.75) is 24.9 Å². The number of amides is 1. The molecule has 1 aromatic heterocycles. The largest absolute Gasteiger partial charge is 0.416 e. The number of hydrogen-bond donors (Lipinski definition) is 1. The molecule has 3 aromatic rings. The molecule has 170 valence electrons. The lowest BCUT2D eigenvalue weighted by molar-refractivity contribution is -0.137. The van der Waals surface area contributed by atoms with Crippen LogP contribution in [0.3, 0.4) is 0 Å². The normalized spacial score (nSPS) is 12.2. The molecule has 1 N–H and O–H groups in total. The highest BCUT2D eigenvalue weighted by Crippen LogP contribution is 2.31. The van der Waals surface area contributed by atoms with Crippen LogP contribution in [0.4, 0.5) is 19.2 Å². The van der Waals surface area contributed by atoms with Crippen LogP contribution < -0.4 is 5.32 Å². The van der Waals surface area contributed by atoms with E-state index in [4.69, 9.17) is 4.42 Å². The molecule has 0 saturated carbocycles. The topological polar surface area (TPSA) is 105 Å². The lowest BCUT2D eigenvalue weighted by atomic mass is 10.1. The third-order valence-electron chi connectivity index (χ3n) is 4.56. The van der Waals surface area contributed by atoms with E-state index in [0.717, 1.165) is 12.1 Å². The summed E-state index contributed by atoms with van der Waals surface area (Å²) in [6.07, 6.45) is -4.47. The second-order valence-corrected chi connectivity index (χ2v) is 8.49. The van der Waals surface area contributed by atoms with Gasteiger partial charge in [0.1, 0.15) is 0 Å². The first-order valence-electron chi connectivity index (χ1n) is 9.49. The number of alkyl halides is 3. The summed E-state index contributed by atoms with van der Waals surface area (Å²) in [6, 6.07) is 9.20. The second-order valence-electron chi connectivity index (χ2n) is 6.56. The Bertz CT molecular complexity index is 1190. The number of aromatic nitrogens is 2. The highest BCUT2D eigenvalue weighted by atomic mass is 32.2. The maximum atomic E-state index is 12.7. The summed E-state index contributed by atoms with van der Waals surface area (Å²) in [4.78, 5) is 12.5. The molecule has 0 radical (unpaired) electrons. The molecule has 32 heavy (non-hydrogen) atoms. The van der Waals surface area contributed by atoms with Crippen LogP contribution in [0.2, 0.25) is 0 Å². The van der Waals surface area contributed by atoms with Gasteiger partial charge in [-0.1, -0.05) is 18.9 Å². The molecule has 2 aromatic carbocycles. The molecule has 0 aliphatic carbocycles. The minimum Gasteiger partial charge on any atom is -0.403 e. The summed E-state index contributed by atoms with van der Waals surface area (Å²) in [5.41, 5.74) is -0.421. The molecule has 0 saturated heterocycles. The van der Waals surface area contributed by atoms with Crippen molar-refractivity contribution in [3.63, 3.8) is 0 Å². The maximum absolute atomic E-state index is 12.7. The number of hydrogen-bond acceptors (Lipinski definition) is 6. The number of nitrogens with zero attached hydrogens (tertiary/aromatic N) is 3. The van der Waals surface area contributed by atoms with Gasteiger partial charge in [0.2, 0.25) is 15.9 Å². The van der Waals surface area contributed by atoms with E-state index in [2.05, 4.69) is 15.5 Å². The number of carbonyl (C=O) groups is 1. The monoisotopic (exact) mass is 468 g/mol. The molecular formula is C20H19F3N4O4S. The molecule has 0 atom stereocenters. The molecule has 0 aliphatic rings. The zero-order valence-corrected chi connectivity index (χ0v) is 17.9. The van der Waals surface area contributed by atoms with Gasteiger partial charge in [-0.3, -0.25) is 10.1 Å². The first-order chi connectivity index (χ1) is 15.1. The molecular weight excluding hydrogens is 449 g/mol. The predicted molar refractivity (Wildman–Crippen MR) is 109 cm³/mol. The molecule has 0 aliphatic heterocycles. The third-order valence-corrected chi connectivity index (χ3v) is 6.63. The van der Waals surface area contributed by atoms with Crippen molar-refractivity contribution in [1.82, 2.24) is 14.5 Å². The fraction of sp³-hybridized carbons (Fsp3) is 0.250. The minimum atomic E-state index is -4.47.